The van der Waals surface area contributed by atoms with Gasteiger partial charge in [0, 0.05) is 6.54 Å². The van der Waals surface area contributed by atoms with Crippen molar-refractivity contribution in [3.63, 3.8) is 0 Å². The van der Waals surface area contributed by atoms with Crippen LogP contribution in [0.1, 0.15) is 32.8 Å². The second-order valence-corrected chi connectivity index (χ2v) is 6.20. The smallest absolute Gasteiger partial charge is 0.332 e. The van der Waals surface area contributed by atoms with E-state index in [1.807, 2.05) is 6.07 Å². The van der Waals surface area contributed by atoms with Gasteiger partial charge in [-0.1, -0.05) is 36.4 Å². The molecule has 5 heteroatoms. The van der Waals surface area contributed by atoms with Crippen molar-refractivity contribution in [2.45, 2.75) is 38.3 Å². The van der Waals surface area contributed by atoms with E-state index in [0.29, 0.717) is 12.1 Å². The Kier molecular flexibility index (Phi) is 6.51. The third-order valence-corrected chi connectivity index (χ3v) is 3.20. The highest BCUT2D eigenvalue weighted by Gasteiger charge is 2.45. The minimum atomic E-state index is -1.32. The van der Waals surface area contributed by atoms with E-state index in [1.165, 1.54) is 7.11 Å². The van der Waals surface area contributed by atoms with Gasteiger partial charge in [0.15, 0.2) is 5.54 Å². The normalized spacial score (nSPS) is 13.7. The van der Waals surface area contributed by atoms with E-state index in [0.717, 1.165) is 0 Å². The first-order valence-electron chi connectivity index (χ1n) is 7.47. The van der Waals surface area contributed by atoms with Crippen LogP contribution >= 0.6 is 0 Å². The highest BCUT2D eigenvalue weighted by atomic mass is 16.6. The Morgan fingerprint density at radius 1 is 1.22 bits per heavy atom. The summed E-state index contributed by atoms with van der Waals surface area (Å²) in [5.41, 5.74) is -1.36. The maximum absolute atomic E-state index is 12.9. The summed E-state index contributed by atoms with van der Waals surface area (Å²) in [6.07, 6.45) is 1.45. The fourth-order valence-electron chi connectivity index (χ4n) is 2.15. The van der Waals surface area contributed by atoms with E-state index in [4.69, 9.17) is 9.47 Å². The van der Waals surface area contributed by atoms with Crippen LogP contribution in [0.15, 0.2) is 43.0 Å². The van der Waals surface area contributed by atoms with Gasteiger partial charge < -0.3 is 9.47 Å². The van der Waals surface area contributed by atoms with Crippen molar-refractivity contribution in [3.8, 4) is 0 Å². The molecule has 5 nitrogen and oxygen atoms in total. The minimum Gasteiger partial charge on any atom is -0.469 e. The number of nitrogens with one attached hydrogen (secondary N) is 1. The predicted molar refractivity (Wildman–Crippen MR) is 88.8 cm³/mol. The van der Waals surface area contributed by atoms with Crippen LogP contribution in [0.25, 0.3) is 0 Å². The third kappa shape index (κ3) is 5.21. The van der Waals surface area contributed by atoms with Crippen molar-refractivity contribution in [3.05, 3.63) is 48.6 Å². The summed E-state index contributed by atoms with van der Waals surface area (Å²) in [6, 6.07) is 9.02. The lowest BCUT2D eigenvalue weighted by Crippen LogP contribution is -2.53. The Hall–Kier alpha value is -2.14. The number of carbonyl (C=O) groups is 2. The van der Waals surface area contributed by atoms with Gasteiger partial charge in [0.05, 0.1) is 13.5 Å². The van der Waals surface area contributed by atoms with Gasteiger partial charge in [-0.15, -0.1) is 6.58 Å². The predicted octanol–water partition coefficient (Wildman–Crippen LogP) is 2.56. The van der Waals surface area contributed by atoms with Crippen LogP contribution in [-0.4, -0.2) is 31.2 Å². The summed E-state index contributed by atoms with van der Waals surface area (Å²) in [5, 5.41) is 3.09. The summed E-state index contributed by atoms with van der Waals surface area (Å²) >= 11 is 0. The lowest BCUT2D eigenvalue weighted by atomic mass is 9.86. The zero-order chi connectivity index (χ0) is 17.5. The number of ether oxygens (including phenoxy) is 2. The van der Waals surface area contributed by atoms with Crippen molar-refractivity contribution in [1.82, 2.24) is 5.32 Å². The van der Waals surface area contributed by atoms with Gasteiger partial charge in [-0.25, -0.2) is 4.79 Å². The fraction of sp³-hybridized carbons (Fsp3) is 0.444. The average Bonchev–Trinajstić information content (AvgIpc) is 2.50. The molecule has 0 amide bonds. The third-order valence-electron chi connectivity index (χ3n) is 3.20. The Morgan fingerprint density at radius 2 is 1.83 bits per heavy atom. The molecule has 126 valence electrons. The lowest BCUT2D eigenvalue weighted by molar-refractivity contribution is -0.167. The molecule has 0 heterocycles. The Balaban J connectivity index is 3.35. The molecule has 0 fully saturated rings. The highest BCUT2D eigenvalue weighted by Crippen LogP contribution is 2.29. The monoisotopic (exact) mass is 319 g/mol. The number of methoxy groups -OCH3 is 1. The second-order valence-electron chi connectivity index (χ2n) is 6.20. The van der Waals surface area contributed by atoms with Crippen molar-refractivity contribution in [2.75, 3.05) is 13.7 Å². The highest BCUT2D eigenvalue weighted by molar-refractivity contribution is 5.88. The molecule has 0 spiro atoms. The molecular weight excluding hydrogens is 294 g/mol. The molecule has 1 N–H and O–H groups in total. The topological polar surface area (TPSA) is 64.6 Å². The Labute approximate surface area is 137 Å². The van der Waals surface area contributed by atoms with Crippen LogP contribution in [0, 0.1) is 0 Å². The van der Waals surface area contributed by atoms with Crippen LogP contribution in [0.3, 0.4) is 0 Å². The molecule has 0 aliphatic carbocycles. The van der Waals surface area contributed by atoms with E-state index in [-0.39, 0.29) is 6.42 Å². The standard InChI is InChI=1S/C18H25NO4/c1-6-12-19-18(13-15(20)22-5,14-10-8-7-9-11-14)16(21)23-17(2,3)4/h6-11,19H,1,12-13H2,2-5H3/t18-/m0/s1. The van der Waals surface area contributed by atoms with Gasteiger partial charge in [0.2, 0.25) is 0 Å². The molecule has 0 radical (unpaired) electrons. The maximum Gasteiger partial charge on any atom is 0.332 e. The number of esters is 2. The van der Waals surface area contributed by atoms with Crippen LogP contribution in [0.2, 0.25) is 0 Å². The van der Waals surface area contributed by atoms with Gasteiger partial charge in [-0.3, -0.25) is 10.1 Å². The molecule has 0 aliphatic rings. The van der Waals surface area contributed by atoms with Crippen molar-refractivity contribution in [2.24, 2.45) is 0 Å². The molecule has 0 bridgehead atoms. The summed E-state index contributed by atoms with van der Waals surface area (Å²) in [4.78, 5) is 24.8. The number of hydrogen-bond donors (Lipinski definition) is 1. The molecule has 1 aromatic carbocycles. The van der Waals surface area contributed by atoms with E-state index in [2.05, 4.69) is 11.9 Å². The van der Waals surface area contributed by atoms with Gasteiger partial charge in [0.1, 0.15) is 5.60 Å². The molecule has 0 unspecified atom stereocenters. The van der Waals surface area contributed by atoms with E-state index in [9.17, 15) is 9.59 Å². The first kappa shape index (κ1) is 18.9. The SMILES string of the molecule is C=CCN[C@](CC(=O)OC)(C(=O)OC(C)(C)C)c1ccccc1. The van der Waals surface area contributed by atoms with Crippen molar-refractivity contribution >= 4 is 11.9 Å². The quantitative estimate of drug-likeness (QED) is 0.618. The zero-order valence-corrected chi connectivity index (χ0v) is 14.2. The van der Waals surface area contributed by atoms with Crippen LogP contribution < -0.4 is 5.32 Å². The molecule has 1 atom stereocenters. The fourth-order valence-corrected chi connectivity index (χ4v) is 2.15. The summed E-state index contributed by atoms with van der Waals surface area (Å²) in [7, 11) is 1.29. The number of rotatable bonds is 7. The number of hydrogen-bond acceptors (Lipinski definition) is 5. The first-order chi connectivity index (χ1) is 10.7. The van der Waals surface area contributed by atoms with E-state index >= 15 is 0 Å². The molecular formula is C18H25NO4. The number of carbonyl (C=O) groups excluding carboxylic acids is 2. The molecule has 0 aliphatic heterocycles. The molecule has 0 aromatic heterocycles. The zero-order valence-electron chi connectivity index (χ0n) is 14.2. The van der Waals surface area contributed by atoms with Crippen molar-refractivity contribution < 1.29 is 19.1 Å². The molecule has 0 saturated carbocycles. The van der Waals surface area contributed by atoms with Crippen LogP contribution in [0.4, 0.5) is 0 Å². The molecule has 23 heavy (non-hydrogen) atoms. The van der Waals surface area contributed by atoms with Crippen molar-refractivity contribution in [1.29, 1.82) is 0 Å². The lowest BCUT2D eigenvalue weighted by Gasteiger charge is -2.34. The number of benzene rings is 1. The second kappa shape index (κ2) is 7.92. The Morgan fingerprint density at radius 3 is 2.30 bits per heavy atom. The van der Waals surface area contributed by atoms with Crippen LogP contribution in [0.5, 0.6) is 0 Å². The summed E-state index contributed by atoms with van der Waals surface area (Å²) in [5.74, 6) is -1.03. The largest absolute Gasteiger partial charge is 0.469 e. The Bertz CT molecular complexity index is 548. The van der Waals surface area contributed by atoms with Gasteiger partial charge in [-0.2, -0.15) is 0 Å². The maximum atomic E-state index is 12.9. The van der Waals surface area contributed by atoms with E-state index in [1.54, 1.807) is 51.1 Å². The molecule has 1 aromatic rings. The minimum absolute atomic E-state index is 0.170. The molecule has 0 saturated heterocycles. The van der Waals surface area contributed by atoms with E-state index < -0.39 is 23.1 Å². The van der Waals surface area contributed by atoms with Gasteiger partial charge in [-0.05, 0) is 26.3 Å². The van der Waals surface area contributed by atoms with Crippen LogP contribution in [-0.2, 0) is 24.6 Å². The molecule has 1 rings (SSSR count). The van der Waals surface area contributed by atoms with Gasteiger partial charge in [0.25, 0.3) is 0 Å². The first-order valence-corrected chi connectivity index (χ1v) is 7.47. The summed E-state index contributed by atoms with van der Waals surface area (Å²) in [6.45, 7) is 9.35. The average molecular weight is 319 g/mol. The summed E-state index contributed by atoms with van der Waals surface area (Å²) < 4.78 is 10.3. The van der Waals surface area contributed by atoms with Gasteiger partial charge >= 0.3 is 11.9 Å².